The average molecular weight is 1070 g/mol. The number of allylic oxidation sites excluding steroid dienone is 13. The third-order valence-electron chi connectivity index (χ3n) is 13.3. The summed E-state index contributed by atoms with van der Waals surface area (Å²) in [4.78, 5) is 39.9. The number of carbonyl (C=O) groups is 2. The minimum absolute atomic E-state index is 0.0300. The summed E-state index contributed by atoms with van der Waals surface area (Å²) in [6.45, 7) is 6.71. The molecule has 75 heavy (non-hydrogen) atoms. The van der Waals surface area contributed by atoms with Crippen LogP contribution in [0.1, 0.15) is 265 Å². The molecule has 3 atom stereocenters. The second-order valence-electron chi connectivity index (χ2n) is 21.8. The number of carbonyl (C=O) groups excluding carboxylic acids is 2. The Hall–Kier alpha value is -2.81. The third-order valence-corrected chi connectivity index (χ3v) is 14.3. The van der Waals surface area contributed by atoms with Crippen LogP contribution in [-0.2, 0) is 27.9 Å². The molecule has 0 aromatic heterocycles. The molecule has 0 heterocycles. The fraction of sp³-hybridized carbons (Fsp3) is 0.754. The molecule has 0 rings (SSSR count). The first-order valence-electron chi connectivity index (χ1n) is 30.9. The smallest absolute Gasteiger partial charge is 0.306 e. The van der Waals surface area contributed by atoms with Crippen LogP contribution < -0.4 is 10.2 Å². The first-order valence-corrected chi connectivity index (χ1v) is 32.4. The molecule has 0 aromatic rings. The lowest BCUT2D eigenvalue weighted by molar-refractivity contribution is -0.870. The van der Waals surface area contributed by atoms with Crippen LogP contribution in [0.3, 0.4) is 0 Å². The number of likely N-dealkylation sites (N-methyl/N-ethyl adjacent to an activating group) is 1. The Kier molecular flexibility index (Phi) is 52.5. The summed E-state index contributed by atoms with van der Waals surface area (Å²) >= 11 is 0. The summed E-state index contributed by atoms with van der Waals surface area (Å²) < 4.78 is 30.3. The molecule has 0 spiro atoms. The fourth-order valence-electron chi connectivity index (χ4n) is 8.58. The van der Waals surface area contributed by atoms with Crippen molar-refractivity contribution in [3.63, 3.8) is 0 Å². The number of ether oxygens (including phenoxy) is 1. The molecule has 3 unspecified atom stereocenters. The van der Waals surface area contributed by atoms with E-state index in [4.69, 9.17) is 13.8 Å². The van der Waals surface area contributed by atoms with E-state index in [1.54, 1.807) is 0 Å². The standard InChI is InChI=1S/C65H117N2O7P/c1-7-10-13-16-19-22-25-28-30-31-32-33-34-35-36-37-38-39-42-45-48-51-54-57-64(68)66-62(61-73-75(70,71)72-60-59-67(4,5)6)63(56-53-50-47-44-41-27-24-21-18-15-12-9-3)74-65(69)58-55-52-49-46-43-40-29-26-23-20-17-14-11-8-2/h10,13,19,22,28,30,32-33,35-36,38-39,53,56,62-63H,7-9,11-12,14-18,20-21,23-27,29,31,34,37,40-52,54-55,57-61H2,1-6H3,(H-,66,68,70,71)/b13-10-,22-19-,30-28-,33-32-,36-35-,39-38-,56-53-. The van der Waals surface area contributed by atoms with Gasteiger partial charge in [0.25, 0.3) is 7.82 Å². The van der Waals surface area contributed by atoms with E-state index in [0.717, 1.165) is 103 Å². The molecule has 0 saturated heterocycles. The van der Waals surface area contributed by atoms with E-state index in [-0.39, 0.29) is 31.3 Å². The first kappa shape index (κ1) is 72.2. The van der Waals surface area contributed by atoms with Gasteiger partial charge in [0.15, 0.2) is 0 Å². The number of quaternary nitrogens is 1. The SMILES string of the molecule is CC/C=C\C/C=C\C/C=C\C/C=C\C/C=C\C/C=C\CCCCCCC(=O)NC(COP(=O)([O-])OCC[N+](C)(C)C)C(/C=C\CCCCCCCCCCCC)OC(=O)CCCCCCCCCCCCCCCC. The average Bonchev–Trinajstić information content (AvgIpc) is 3.37. The summed E-state index contributed by atoms with van der Waals surface area (Å²) in [6.07, 6.45) is 71.2. The molecule has 0 aromatic carbocycles. The number of rotatable bonds is 55. The molecule has 0 fully saturated rings. The third kappa shape index (κ3) is 55.7. The summed E-state index contributed by atoms with van der Waals surface area (Å²) in [7, 11) is 1.16. The monoisotopic (exact) mass is 1070 g/mol. The molecule has 9 nitrogen and oxygen atoms in total. The number of nitrogens with one attached hydrogen (secondary N) is 1. The highest BCUT2D eigenvalue weighted by atomic mass is 31.2. The van der Waals surface area contributed by atoms with Crippen LogP contribution in [0.5, 0.6) is 0 Å². The van der Waals surface area contributed by atoms with E-state index in [9.17, 15) is 19.0 Å². The number of hydrogen-bond donors (Lipinski definition) is 1. The van der Waals surface area contributed by atoms with Gasteiger partial charge in [-0.1, -0.05) is 254 Å². The van der Waals surface area contributed by atoms with Crippen LogP contribution in [0.15, 0.2) is 85.1 Å². The van der Waals surface area contributed by atoms with Crippen LogP contribution in [-0.4, -0.2) is 69.4 Å². The Morgan fingerprint density at radius 3 is 1.28 bits per heavy atom. The van der Waals surface area contributed by atoms with Crippen molar-refractivity contribution in [1.29, 1.82) is 0 Å². The molecular weight excluding hydrogens is 952 g/mol. The van der Waals surface area contributed by atoms with Gasteiger partial charge < -0.3 is 28.5 Å². The largest absolute Gasteiger partial charge is 0.756 e. The van der Waals surface area contributed by atoms with Crippen molar-refractivity contribution in [3.05, 3.63) is 85.1 Å². The van der Waals surface area contributed by atoms with Crippen LogP contribution >= 0.6 is 7.82 Å². The van der Waals surface area contributed by atoms with Gasteiger partial charge in [0.2, 0.25) is 5.91 Å². The Morgan fingerprint density at radius 1 is 0.480 bits per heavy atom. The van der Waals surface area contributed by atoms with E-state index >= 15 is 0 Å². The summed E-state index contributed by atoms with van der Waals surface area (Å²) in [5.74, 6) is -0.568. The molecular formula is C65H117N2O7P. The number of nitrogens with zero attached hydrogens (tertiary/aromatic N) is 1. The van der Waals surface area contributed by atoms with Gasteiger partial charge in [-0.3, -0.25) is 14.2 Å². The Bertz CT molecular complexity index is 1560. The summed E-state index contributed by atoms with van der Waals surface area (Å²) in [5, 5.41) is 3.01. The summed E-state index contributed by atoms with van der Waals surface area (Å²) in [6, 6.07) is -0.904. The van der Waals surface area contributed by atoms with Crippen LogP contribution in [0, 0.1) is 0 Å². The predicted octanol–water partition coefficient (Wildman–Crippen LogP) is 18.4. The van der Waals surface area contributed by atoms with Crippen molar-refractivity contribution in [3.8, 4) is 0 Å². The number of esters is 1. The van der Waals surface area contributed by atoms with E-state index < -0.39 is 26.6 Å². The number of hydrogen-bond acceptors (Lipinski definition) is 7. The van der Waals surface area contributed by atoms with Crippen molar-refractivity contribution in [2.24, 2.45) is 0 Å². The highest BCUT2D eigenvalue weighted by Gasteiger charge is 2.27. The van der Waals surface area contributed by atoms with Gasteiger partial charge in [-0.25, -0.2) is 0 Å². The molecule has 0 bridgehead atoms. The zero-order valence-corrected chi connectivity index (χ0v) is 50.4. The lowest BCUT2D eigenvalue weighted by Crippen LogP contribution is -2.47. The maximum atomic E-state index is 13.5. The number of phosphoric acid groups is 1. The highest BCUT2D eigenvalue weighted by Crippen LogP contribution is 2.38. The lowest BCUT2D eigenvalue weighted by atomic mass is 10.0. The molecule has 0 aliphatic carbocycles. The number of phosphoric ester groups is 1. The highest BCUT2D eigenvalue weighted by molar-refractivity contribution is 7.45. The van der Waals surface area contributed by atoms with Crippen molar-refractivity contribution in [2.45, 2.75) is 277 Å². The zero-order valence-electron chi connectivity index (χ0n) is 49.5. The van der Waals surface area contributed by atoms with Gasteiger partial charge in [-0.2, -0.15) is 0 Å². The Labute approximate surface area is 463 Å². The molecule has 10 heteroatoms. The van der Waals surface area contributed by atoms with Gasteiger partial charge in [0.1, 0.15) is 19.3 Å². The summed E-state index contributed by atoms with van der Waals surface area (Å²) in [5.41, 5.74) is 0. The second-order valence-corrected chi connectivity index (χ2v) is 23.2. The number of amides is 1. The van der Waals surface area contributed by atoms with Crippen molar-refractivity contribution in [1.82, 2.24) is 5.32 Å². The molecule has 0 radical (unpaired) electrons. The van der Waals surface area contributed by atoms with Gasteiger partial charge >= 0.3 is 5.97 Å². The van der Waals surface area contributed by atoms with Crippen LogP contribution in [0.25, 0.3) is 0 Å². The zero-order chi connectivity index (χ0) is 55.0. The second kappa shape index (κ2) is 54.5. The minimum atomic E-state index is -4.71. The maximum absolute atomic E-state index is 13.5. The van der Waals surface area contributed by atoms with Crippen LogP contribution in [0.4, 0.5) is 0 Å². The lowest BCUT2D eigenvalue weighted by Gasteiger charge is -2.30. The van der Waals surface area contributed by atoms with E-state index in [0.29, 0.717) is 17.4 Å². The predicted molar refractivity (Wildman–Crippen MR) is 321 cm³/mol. The molecule has 0 aliphatic rings. The molecule has 1 N–H and O–H groups in total. The quantitative estimate of drug-likeness (QED) is 0.0212. The van der Waals surface area contributed by atoms with Gasteiger partial charge in [0.05, 0.1) is 33.8 Å². The molecule has 434 valence electrons. The van der Waals surface area contributed by atoms with E-state index in [2.05, 4.69) is 99.0 Å². The molecule has 0 aliphatic heterocycles. The van der Waals surface area contributed by atoms with Crippen LogP contribution in [0.2, 0.25) is 0 Å². The van der Waals surface area contributed by atoms with Crippen molar-refractivity contribution >= 4 is 19.7 Å². The van der Waals surface area contributed by atoms with Gasteiger partial charge in [0, 0.05) is 12.8 Å². The van der Waals surface area contributed by atoms with Gasteiger partial charge in [-0.05, 0) is 83.1 Å². The normalized spacial score (nSPS) is 14.3. The fourth-order valence-corrected chi connectivity index (χ4v) is 9.31. The number of unbranched alkanes of at least 4 members (excludes halogenated alkanes) is 27. The van der Waals surface area contributed by atoms with E-state index in [1.165, 1.54) is 122 Å². The van der Waals surface area contributed by atoms with Gasteiger partial charge in [-0.15, -0.1) is 0 Å². The minimum Gasteiger partial charge on any atom is -0.756 e. The Morgan fingerprint density at radius 2 is 0.853 bits per heavy atom. The van der Waals surface area contributed by atoms with E-state index in [1.807, 2.05) is 33.3 Å². The topological polar surface area (TPSA) is 114 Å². The maximum Gasteiger partial charge on any atom is 0.306 e. The van der Waals surface area contributed by atoms with Crippen molar-refractivity contribution in [2.75, 3.05) is 40.9 Å². The Balaban J connectivity index is 5.28. The molecule has 0 saturated carbocycles. The molecule has 1 amide bonds. The first-order chi connectivity index (χ1) is 36.4. The van der Waals surface area contributed by atoms with Crippen molar-refractivity contribution < 1.29 is 37.3 Å².